The van der Waals surface area contributed by atoms with E-state index >= 15 is 0 Å². The van der Waals surface area contributed by atoms with Crippen molar-refractivity contribution in [2.75, 3.05) is 0 Å². The van der Waals surface area contributed by atoms with Crippen LogP contribution in [-0.2, 0) is 6.54 Å². The molecule has 0 radical (unpaired) electrons. The molecule has 0 bridgehead atoms. The van der Waals surface area contributed by atoms with E-state index in [0.717, 1.165) is 31.5 Å². The van der Waals surface area contributed by atoms with E-state index in [0.29, 0.717) is 5.92 Å². The molecule has 2 rings (SSSR count). The summed E-state index contributed by atoms with van der Waals surface area (Å²) in [7, 11) is 0. The third kappa shape index (κ3) is 2.61. The molecule has 18 heavy (non-hydrogen) atoms. The number of aliphatic hydroxyl groups excluding tert-OH is 1. The number of hydrogen-bond donors (Lipinski definition) is 1. The van der Waals surface area contributed by atoms with Gasteiger partial charge in [-0.1, -0.05) is 26.7 Å². The van der Waals surface area contributed by atoms with Crippen LogP contribution in [0.1, 0.15) is 64.7 Å². The Morgan fingerprint density at radius 3 is 2.56 bits per heavy atom. The molecule has 0 aromatic carbocycles. The summed E-state index contributed by atoms with van der Waals surface area (Å²) in [4.78, 5) is 4.40. The minimum absolute atomic E-state index is 0.0705. The lowest BCUT2D eigenvalue weighted by Crippen LogP contribution is -2.28. The summed E-state index contributed by atoms with van der Waals surface area (Å²) in [6, 6.07) is 0. The number of aliphatic hydroxyl groups is 1. The summed E-state index contributed by atoms with van der Waals surface area (Å²) < 4.78 is 2.04. The van der Waals surface area contributed by atoms with Crippen molar-refractivity contribution in [3.05, 3.63) is 18.2 Å². The van der Waals surface area contributed by atoms with Gasteiger partial charge in [-0.05, 0) is 32.1 Å². The van der Waals surface area contributed by atoms with Gasteiger partial charge in [0.2, 0.25) is 0 Å². The number of rotatable bonds is 5. The average Bonchev–Trinajstić information content (AvgIpc) is 2.96. The highest BCUT2D eigenvalue weighted by atomic mass is 16.3. The Balaban J connectivity index is 2.19. The van der Waals surface area contributed by atoms with Crippen LogP contribution < -0.4 is 0 Å². The van der Waals surface area contributed by atoms with Crippen molar-refractivity contribution in [3.8, 4) is 0 Å². The van der Waals surface area contributed by atoms with Crippen LogP contribution in [0, 0.1) is 11.3 Å². The van der Waals surface area contributed by atoms with Crippen LogP contribution >= 0.6 is 0 Å². The quantitative estimate of drug-likeness (QED) is 0.868. The maximum absolute atomic E-state index is 10.8. The van der Waals surface area contributed by atoms with Gasteiger partial charge in [-0.15, -0.1) is 0 Å². The van der Waals surface area contributed by atoms with Gasteiger partial charge in [0.1, 0.15) is 6.10 Å². The van der Waals surface area contributed by atoms with E-state index in [4.69, 9.17) is 0 Å². The van der Waals surface area contributed by atoms with Gasteiger partial charge in [-0.2, -0.15) is 0 Å². The highest BCUT2D eigenvalue weighted by Gasteiger charge is 2.42. The van der Waals surface area contributed by atoms with Crippen molar-refractivity contribution in [2.45, 2.75) is 65.5 Å². The normalized spacial score (nSPS) is 20.5. The summed E-state index contributed by atoms with van der Waals surface area (Å²) >= 11 is 0. The number of imidazole rings is 1. The maximum Gasteiger partial charge on any atom is 0.103 e. The average molecular weight is 250 g/mol. The first kappa shape index (κ1) is 13.6. The van der Waals surface area contributed by atoms with E-state index in [1.165, 1.54) is 12.8 Å². The number of aryl methyl sites for hydroxylation is 1. The molecule has 1 aromatic heterocycles. The molecule has 1 fully saturated rings. The van der Waals surface area contributed by atoms with Crippen molar-refractivity contribution in [3.63, 3.8) is 0 Å². The summed E-state index contributed by atoms with van der Waals surface area (Å²) in [5.74, 6) is 0.631. The van der Waals surface area contributed by atoms with Crippen LogP contribution in [0.4, 0.5) is 0 Å². The Hall–Kier alpha value is -0.830. The Morgan fingerprint density at radius 1 is 1.39 bits per heavy atom. The Labute approximate surface area is 110 Å². The highest BCUT2D eigenvalue weighted by molar-refractivity contribution is 5.08. The number of nitrogens with zero attached hydrogens (tertiary/aromatic N) is 2. The molecule has 1 atom stereocenters. The Kier molecular flexibility index (Phi) is 4.10. The third-order valence-electron chi connectivity index (χ3n) is 4.29. The highest BCUT2D eigenvalue weighted by Crippen LogP contribution is 2.51. The van der Waals surface area contributed by atoms with E-state index in [2.05, 4.69) is 25.8 Å². The van der Waals surface area contributed by atoms with Crippen LogP contribution in [0.2, 0.25) is 0 Å². The zero-order valence-electron chi connectivity index (χ0n) is 11.9. The Morgan fingerprint density at radius 2 is 2.06 bits per heavy atom. The fourth-order valence-electron chi connectivity index (χ4n) is 3.49. The minimum Gasteiger partial charge on any atom is -0.386 e. The molecule has 102 valence electrons. The Bertz CT molecular complexity index is 378. The summed E-state index contributed by atoms with van der Waals surface area (Å²) in [6.45, 7) is 7.50. The van der Waals surface area contributed by atoms with Gasteiger partial charge < -0.3 is 9.67 Å². The molecule has 3 heteroatoms. The second kappa shape index (κ2) is 5.43. The molecular weight excluding hydrogens is 224 g/mol. The largest absolute Gasteiger partial charge is 0.386 e. The molecule has 1 N–H and O–H groups in total. The lowest BCUT2D eigenvalue weighted by molar-refractivity contribution is 0.00837. The number of hydrogen-bond acceptors (Lipinski definition) is 2. The summed E-state index contributed by atoms with van der Waals surface area (Å²) in [5.41, 5.74) is 0.931. The predicted octanol–water partition coefficient (Wildman–Crippen LogP) is 3.54. The molecule has 3 nitrogen and oxygen atoms in total. The second-order valence-electron chi connectivity index (χ2n) is 6.20. The van der Waals surface area contributed by atoms with Crippen molar-refractivity contribution in [1.29, 1.82) is 0 Å². The smallest absolute Gasteiger partial charge is 0.103 e. The molecule has 1 aliphatic rings. The van der Waals surface area contributed by atoms with Crippen LogP contribution in [0.15, 0.2) is 12.5 Å². The minimum atomic E-state index is -0.393. The first-order valence-electron chi connectivity index (χ1n) is 7.27. The van der Waals surface area contributed by atoms with Crippen molar-refractivity contribution in [2.24, 2.45) is 11.3 Å². The standard InChI is InChI=1S/C15H26N2O/c1-4-17-10-13(16-11-17)14(18)15(9-12(2)3)7-5-6-8-15/h10-12,14,18H,4-9H2,1-3H3. The van der Waals surface area contributed by atoms with Gasteiger partial charge in [0, 0.05) is 18.2 Å². The van der Waals surface area contributed by atoms with E-state index < -0.39 is 6.10 Å². The maximum atomic E-state index is 10.8. The van der Waals surface area contributed by atoms with E-state index in [-0.39, 0.29) is 5.41 Å². The zero-order chi connectivity index (χ0) is 13.2. The SMILES string of the molecule is CCn1cnc(C(O)C2(CC(C)C)CCCC2)c1. The fourth-order valence-corrected chi connectivity index (χ4v) is 3.49. The molecule has 0 amide bonds. The monoisotopic (exact) mass is 250 g/mol. The van der Waals surface area contributed by atoms with Gasteiger partial charge in [0.15, 0.2) is 0 Å². The third-order valence-corrected chi connectivity index (χ3v) is 4.29. The van der Waals surface area contributed by atoms with Gasteiger partial charge in [-0.25, -0.2) is 4.98 Å². The predicted molar refractivity (Wildman–Crippen MR) is 73.2 cm³/mol. The van der Waals surface area contributed by atoms with Crippen LogP contribution in [0.3, 0.4) is 0 Å². The van der Waals surface area contributed by atoms with Crippen molar-refractivity contribution in [1.82, 2.24) is 9.55 Å². The molecule has 0 saturated heterocycles. The first-order valence-corrected chi connectivity index (χ1v) is 7.27. The zero-order valence-corrected chi connectivity index (χ0v) is 11.9. The van der Waals surface area contributed by atoms with Crippen LogP contribution in [0.5, 0.6) is 0 Å². The molecule has 0 spiro atoms. The van der Waals surface area contributed by atoms with E-state index in [1.807, 2.05) is 17.1 Å². The lowest BCUT2D eigenvalue weighted by atomic mass is 9.73. The topological polar surface area (TPSA) is 38.0 Å². The van der Waals surface area contributed by atoms with E-state index in [9.17, 15) is 5.11 Å². The van der Waals surface area contributed by atoms with Crippen LogP contribution in [-0.4, -0.2) is 14.7 Å². The molecular formula is C15H26N2O. The first-order chi connectivity index (χ1) is 8.57. The van der Waals surface area contributed by atoms with E-state index in [1.54, 1.807) is 0 Å². The summed E-state index contributed by atoms with van der Waals surface area (Å²) in [6.07, 6.45) is 9.33. The van der Waals surface area contributed by atoms with Gasteiger partial charge >= 0.3 is 0 Å². The molecule has 1 unspecified atom stereocenters. The van der Waals surface area contributed by atoms with Gasteiger partial charge in [0.25, 0.3) is 0 Å². The molecule has 1 aliphatic carbocycles. The molecule has 1 aromatic rings. The van der Waals surface area contributed by atoms with Crippen LogP contribution in [0.25, 0.3) is 0 Å². The number of aromatic nitrogens is 2. The van der Waals surface area contributed by atoms with Gasteiger partial charge in [0.05, 0.1) is 12.0 Å². The van der Waals surface area contributed by atoms with Crippen molar-refractivity contribution >= 4 is 0 Å². The molecule has 1 heterocycles. The lowest BCUT2D eigenvalue weighted by Gasteiger charge is -2.35. The van der Waals surface area contributed by atoms with Gasteiger partial charge in [-0.3, -0.25) is 0 Å². The fraction of sp³-hybridized carbons (Fsp3) is 0.800. The molecule has 1 saturated carbocycles. The van der Waals surface area contributed by atoms with Crippen molar-refractivity contribution < 1.29 is 5.11 Å². The molecule has 0 aliphatic heterocycles. The summed E-state index contributed by atoms with van der Waals surface area (Å²) in [5, 5.41) is 10.8. The second-order valence-corrected chi connectivity index (χ2v) is 6.20.